The van der Waals surface area contributed by atoms with E-state index in [1.807, 2.05) is 12.1 Å². The van der Waals surface area contributed by atoms with Crippen molar-refractivity contribution in [2.75, 3.05) is 12.4 Å². The minimum absolute atomic E-state index is 0.111. The predicted molar refractivity (Wildman–Crippen MR) is 115 cm³/mol. The number of rotatable bonds is 8. The number of nitrogens with one attached hydrogen (secondary N) is 3. The molecule has 0 saturated heterocycles. The summed E-state index contributed by atoms with van der Waals surface area (Å²) in [5.41, 5.74) is 1.94. The number of methoxy groups -OCH3 is 1. The van der Waals surface area contributed by atoms with Gasteiger partial charge in [0, 0.05) is 23.4 Å². The summed E-state index contributed by atoms with van der Waals surface area (Å²) in [6, 6.07) is 13.5. The predicted octanol–water partition coefficient (Wildman–Crippen LogP) is 2.74. The number of hydrogen-bond donors (Lipinski definition) is 3. The van der Waals surface area contributed by atoms with Gasteiger partial charge < -0.3 is 20.7 Å². The van der Waals surface area contributed by atoms with Crippen LogP contribution >= 0.6 is 0 Å². The van der Waals surface area contributed by atoms with E-state index in [0.717, 1.165) is 24.2 Å². The van der Waals surface area contributed by atoms with Gasteiger partial charge in [-0.2, -0.15) is 0 Å². The average Bonchev–Trinajstić information content (AvgIpc) is 3.57. The fourth-order valence-corrected chi connectivity index (χ4v) is 2.67. The lowest BCUT2D eigenvalue weighted by Gasteiger charge is -2.13. The quantitative estimate of drug-likeness (QED) is 0.586. The molecule has 0 spiro atoms. The second-order valence-electron chi connectivity index (χ2n) is 7.15. The smallest absolute Gasteiger partial charge is 0.251 e. The third-order valence-electron chi connectivity index (χ3n) is 4.62. The summed E-state index contributed by atoms with van der Waals surface area (Å²) in [6.45, 7) is 1.60. The van der Waals surface area contributed by atoms with E-state index >= 15 is 0 Å². The van der Waals surface area contributed by atoms with Gasteiger partial charge in [0.25, 0.3) is 5.91 Å². The number of carbonyl (C=O) groups is 3. The normalized spacial score (nSPS) is 14.1. The van der Waals surface area contributed by atoms with Gasteiger partial charge in [-0.15, -0.1) is 0 Å². The Morgan fingerprint density at radius 3 is 2.30 bits per heavy atom. The van der Waals surface area contributed by atoms with Gasteiger partial charge >= 0.3 is 0 Å². The van der Waals surface area contributed by atoms with E-state index < -0.39 is 6.04 Å². The van der Waals surface area contributed by atoms with Gasteiger partial charge in [-0.25, -0.2) is 0 Å². The van der Waals surface area contributed by atoms with Gasteiger partial charge in [0.1, 0.15) is 11.8 Å². The van der Waals surface area contributed by atoms with Crippen molar-refractivity contribution in [3.63, 3.8) is 0 Å². The molecule has 0 aromatic heterocycles. The minimum atomic E-state index is -0.726. The fourth-order valence-electron chi connectivity index (χ4n) is 2.67. The summed E-state index contributed by atoms with van der Waals surface area (Å²) in [6.07, 6.45) is 5.08. The van der Waals surface area contributed by atoms with Crippen molar-refractivity contribution in [3.8, 4) is 5.75 Å². The van der Waals surface area contributed by atoms with Gasteiger partial charge in [0.05, 0.1) is 7.11 Å². The number of benzene rings is 2. The van der Waals surface area contributed by atoms with Crippen LogP contribution in [0.2, 0.25) is 0 Å². The van der Waals surface area contributed by atoms with Crippen LogP contribution in [-0.4, -0.2) is 36.9 Å². The van der Waals surface area contributed by atoms with E-state index in [1.165, 1.54) is 6.08 Å². The molecule has 0 heterocycles. The lowest BCUT2D eigenvalue weighted by atomic mass is 10.2. The molecule has 7 nitrogen and oxygen atoms in total. The Morgan fingerprint density at radius 2 is 1.70 bits per heavy atom. The van der Waals surface area contributed by atoms with Crippen LogP contribution in [0.5, 0.6) is 5.75 Å². The Kier molecular flexibility index (Phi) is 6.85. The number of amides is 3. The maximum Gasteiger partial charge on any atom is 0.251 e. The van der Waals surface area contributed by atoms with Gasteiger partial charge in [-0.05, 0) is 67.8 Å². The third kappa shape index (κ3) is 6.20. The SMILES string of the molecule is COc1ccc(/C=C/C(=O)NC(C)C(=O)Nc2ccc(C(=O)NC3CC3)cc2)cc1. The van der Waals surface area contributed by atoms with Crippen LogP contribution in [0.25, 0.3) is 6.08 Å². The van der Waals surface area contributed by atoms with E-state index in [-0.39, 0.29) is 17.7 Å². The minimum Gasteiger partial charge on any atom is -0.497 e. The van der Waals surface area contributed by atoms with E-state index in [1.54, 1.807) is 56.5 Å². The summed E-state index contributed by atoms with van der Waals surface area (Å²) >= 11 is 0. The molecular formula is C23H25N3O4. The zero-order valence-corrected chi connectivity index (χ0v) is 17.0. The molecule has 7 heteroatoms. The Hall–Kier alpha value is -3.61. The number of anilines is 1. The van der Waals surface area contributed by atoms with Crippen LogP contribution in [-0.2, 0) is 9.59 Å². The van der Waals surface area contributed by atoms with Gasteiger partial charge in [0.15, 0.2) is 0 Å². The second-order valence-corrected chi connectivity index (χ2v) is 7.15. The highest BCUT2D eigenvalue weighted by Crippen LogP contribution is 2.19. The molecule has 1 aliphatic rings. The van der Waals surface area contributed by atoms with Crippen molar-refractivity contribution in [2.24, 2.45) is 0 Å². The van der Waals surface area contributed by atoms with Crippen molar-refractivity contribution in [1.82, 2.24) is 10.6 Å². The molecule has 1 fully saturated rings. The summed E-state index contributed by atoms with van der Waals surface area (Å²) in [5.74, 6) is -0.102. The first-order valence-electron chi connectivity index (χ1n) is 9.79. The van der Waals surface area contributed by atoms with Crippen LogP contribution in [0.4, 0.5) is 5.69 Å². The van der Waals surface area contributed by atoms with E-state index in [2.05, 4.69) is 16.0 Å². The highest BCUT2D eigenvalue weighted by Gasteiger charge is 2.23. The highest BCUT2D eigenvalue weighted by molar-refractivity contribution is 6.00. The van der Waals surface area contributed by atoms with Crippen molar-refractivity contribution in [1.29, 1.82) is 0 Å². The van der Waals surface area contributed by atoms with Crippen LogP contribution in [0.15, 0.2) is 54.6 Å². The fraction of sp³-hybridized carbons (Fsp3) is 0.261. The third-order valence-corrected chi connectivity index (χ3v) is 4.62. The molecule has 1 atom stereocenters. The summed E-state index contributed by atoms with van der Waals surface area (Å²) in [7, 11) is 1.59. The highest BCUT2D eigenvalue weighted by atomic mass is 16.5. The van der Waals surface area contributed by atoms with E-state index in [9.17, 15) is 14.4 Å². The lowest BCUT2D eigenvalue weighted by molar-refractivity contribution is -0.123. The Bertz CT molecular complexity index is 932. The van der Waals surface area contributed by atoms with Crippen molar-refractivity contribution in [3.05, 3.63) is 65.7 Å². The van der Waals surface area contributed by atoms with Crippen molar-refractivity contribution >= 4 is 29.5 Å². The van der Waals surface area contributed by atoms with Crippen LogP contribution in [0.1, 0.15) is 35.7 Å². The lowest BCUT2D eigenvalue weighted by Crippen LogP contribution is -2.40. The maximum absolute atomic E-state index is 12.3. The summed E-state index contributed by atoms with van der Waals surface area (Å²) in [4.78, 5) is 36.4. The van der Waals surface area contributed by atoms with Crippen LogP contribution in [0.3, 0.4) is 0 Å². The van der Waals surface area contributed by atoms with Gasteiger partial charge in [0.2, 0.25) is 11.8 Å². The molecule has 2 aromatic rings. The number of hydrogen-bond acceptors (Lipinski definition) is 4. The molecule has 3 N–H and O–H groups in total. The van der Waals surface area contributed by atoms with Crippen LogP contribution < -0.4 is 20.7 Å². The Labute approximate surface area is 175 Å². The largest absolute Gasteiger partial charge is 0.497 e. The molecular weight excluding hydrogens is 382 g/mol. The summed E-state index contributed by atoms with van der Waals surface area (Å²) < 4.78 is 5.09. The summed E-state index contributed by atoms with van der Waals surface area (Å²) in [5, 5.41) is 8.27. The first-order chi connectivity index (χ1) is 14.4. The topological polar surface area (TPSA) is 96.5 Å². The zero-order chi connectivity index (χ0) is 21.5. The average molecular weight is 407 g/mol. The Balaban J connectivity index is 1.47. The number of ether oxygens (including phenoxy) is 1. The molecule has 156 valence electrons. The molecule has 0 aliphatic heterocycles. The first-order valence-corrected chi connectivity index (χ1v) is 9.79. The monoisotopic (exact) mass is 407 g/mol. The molecule has 1 aliphatic carbocycles. The molecule has 1 unspecified atom stereocenters. The van der Waals surface area contributed by atoms with Crippen LogP contribution in [0, 0.1) is 0 Å². The van der Waals surface area contributed by atoms with E-state index in [4.69, 9.17) is 4.74 Å². The van der Waals surface area contributed by atoms with Gasteiger partial charge in [-0.1, -0.05) is 12.1 Å². The Morgan fingerprint density at radius 1 is 1.03 bits per heavy atom. The zero-order valence-electron chi connectivity index (χ0n) is 17.0. The second kappa shape index (κ2) is 9.73. The van der Waals surface area contributed by atoms with Gasteiger partial charge in [-0.3, -0.25) is 14.4 Å². The van der Waals surface area contributed by atoms with E-state index in [0.29, 0.717) is 17.3 Å². The molecule has 0 radical (unpaired) electrons. The standard InChI is InChI=1S/C23H25N3O4/c1-15(24-21(27)14-5-16-3-12-20(30-2)13-4-16)22(28)25-18-8-6-17(7-9-18)23(29)26-19-10-11-19/h3-9,12-15,19H,10-11H2,1-2H3,(H,24,27)(H,25,28)(H,26,29)/b14-5+. The molecule has 1 saturated carbocycles. The molecule has 0 bridgehead atoms. The number of carbonyl (C=O) groups excluding carboxylic acids is 3. The van der Waals surface area contributed by atoms with Crippen molar-refractivity contribution in [2.45, 2.75) is 31.8 Å². The molecule has 2 aromatic carbocycles. The molecule has 30 heavy (non-hydrogen) atoms. The first kappa shape index (κ1) is 21.1. The molecule has 3 rings (SSSR count). The maximum atomic E-state index is 12.3. The van der Waals surface area contributed by atoms with Crippen molar-refractivity contribution < 1.29 is 19.1 Å². The molecule has 3 amide bonds.